The zero-order chi connectivity index (χ0) is 26.2. The largest absolute Gasteiger partial charge is 0.506 e. The number of carbonyl (C=O) groups is 3. The number of benzene rings is 2. The van der Waals surface area contributed by atoms with Crippen molar-refractivity contribution in [2.24, 2.45) is 27.5 Å². The molecule has 0 bridgehead atoms. The van der Waals surface area contributed by atoms with E-state index in [-0.39, 0.29) is 23.5 Å². The zero-order valence-electron chi connectivity index (χ0n) is 21.1. The minimum Gasteiger partial charge on any atom is -0.506 e. The van der Waals surface area contributed by atoms with Crippen molar-refractivity contribution in [3.63, 3.8) is 0 Å². The SMILES string of the molecule is C[C@]12CC[C@@H]3c4cc(N=Nc5ccc(C(=O)NCCCC(=O)O)cc5)c(O)cc4CC[C@H]3[C@@H]1CCC2=O. The molecule has 2 fully saturated rings. The molecule has 2 aromatic carbocycles. The molecule has 4 atom stereocenters. The van der Waals surface area contributed by atoms with Gasteiger partial charge in [-0.2, -0.15) is 5.11 Å². The average Bonchev–Trinajstić information content (AvgIpc) is 3.19. The molecule has 0 aromatic heterocycles. The summed E-state index contributed by atoms with van der Waals surface area (Å²) in [7, 11) is 0. The minimum absolute atomic E-state index is 0.0101. The number of aliphatic carboxylic acids is 1. The number of carboxylic acids is 1. The number of amides is 1. The Morgan fingerprint density at radius 1 is 1.08 bits per heavy atom. The van der Waals surface area contributed by atoms with Crippen LogP contribution in [0.1, 0.15) is 79.3 Å². The van der Waals surface area contributed by atoms with E-state index in [1.807, 2.05) is 12.1 Å². The molecular formula is C29H33N3O5. The number of rotatable bonds is 7. The van der Waals surface area contributed by atoms with Crippen LogP contribution in [-0.4, -0.2) is 34.4 Å². The Balaban J connectivity index is 1.28. The molecule has 3 N–H and O–H groups in total. The Hall–Kier alpha value is -3.55. The lowest BCUT2D eigenvalue weighted by Crippen LogP contribution is -2.42. The van der Waals surface area contributed by atoms with Gasteiger partial charge in [0, 0.05) is 30.4 Å². The van der Waals surface area contributed by atoms with Gasteiger partial charge in [0.2, 0.25) is 0 Å². The number of phenolic OH excluding ortho intramolecular Hbond substituents is 1. The molecule has 1 amide bonds. The second-order valence-electron chi connectivity index (χ2n) is 10.9. The highest BCUT2D eigenvalue weighted by Gasteiger charge is 2.54. The first kappa shape index (κ1) is 25.1. The normalized spacial score (nSPS) is 26.4. The average molecular weight is 504 g/mol. The molecule has 8 nitrogen and oxygen atoms in total. The molecular weight excluding hydrogens is 470 g/mol. The Morgan fingerprint density at radius 3 is 2.62 bits per heavy atom. The van der Waals surface area contributed by atoms with Crippen LogP contribution in [0.25, 0.3) is 0 Å². The molecule has 194 valence electrons. The number of fused-ring (bicyclic) bond motifs is 5. The fourth-order valence-corrected chi connectivity index (χ4v) is 6.78. The van der Waals surface area contributed by atoms with Crippen LogP contribution in [-0.2, 0) is 16.0 Å². The summed E-state index contributed by atoms with van der Waals surface area (Å²) in [5.74, 6) is 0.701. The molecule has 0 heterocycles. The zero-order valence-corrected chi connectivity index (χ0v) is 21.1. The van der Waals surface area contributed by atoms with E-state index < -0.39 is 5.97 Å². The molecule has 2 aromatic rings. The van der Waals surface area contributed by atoms with E-state index in [0.717, 1.165) is 32.1 Å². The highest BCUT2D eigenvalue weighted by molar-refractivity contribution is 5.94. The first-order valence-corrected chi connectivity index (χ1v) is 13.2. The number of nitrogens with one attached hydrogen (secondary N) is 1. The predicted molar refractivity (Wildman–Crippen MR) is 138 cm³/mol. The van der Waals surface area contributed by atoms with Gasteiger partial charge in [-0.25, -0.2) is 0 Å². The molecule has 37 heavy (non-hydrogen) atoms. The number of carbonyl (C=O) groups excluding carboxylic acids is 2. The maximum absolute atomic E-state index is 12.6. The van der Waals surface area contributed by atoms with E-state index in [1.165, 1.54) is 11.1 Å². The smallest absolute Gasteiger partial charge is 0.303 e. The lowest BCUT2D eigenvalue weighted by Gasteiger charge is -2.48. The number of carboxylic acid groups (broad SMARTS) is 1. The second-order valence-corrected chi connectivity index (χ2v) is 10.9. The molecule has 0 unspecified atom stereocenters. The predicted octanol–water partition coefficient (Wildman–Crippen LogP) is 5.83. The van der Waals surface area contributed by atoms with Gasteiger partial charge in [-0.1, -0.05) is 6.92 Å². The molecule has 5 rings (SSSR count). The fourth-order valence-electron chi connectivity index (χ4n) is 6.78. The number of hydrogen-bond acceptors (Lipinski definition) is 6. The van der Waals surface area contributed by atoms with Crippen molar-refractivity contribution in [2.75, 3.05) is 6.54 Å². The van der Waals surface area contributed by atoms with E-state index in [4.69, 9.17) is 5.11 Å². The summed E-state index contributed by atoms with van der Waals surface area (Å²) in [4.78, 5) is 35.4. The van der Waals surface area contributed by atoms with Gasteiger partial charge in [-0.05, 0) is 104 Å². The summed E-state index contributed by atoms with van der Waals surface area (Å²) in [6.45, 7) is 2.46. The molecule has 3 aliphatic rings. The van der Waals surface area contributed by atoms with Crippen LogP contribution in [0.3, 0.4) is 0 Å². The van der Waals surface area contributed by atoms with E-state index in [2.05, 4.69) is 22.5 Å². The third kappa shape index (κ3) is 4.89. The van der Waals surface area contributed by atoms with Gasteiger partial charge in [-0.3, -0.25) is 14.4 Å². The molecule has 0 saturated heterocycles. The maximum atomic E-state index is 12.6. The van der Waals surface area contributed by atoms with Crippen molar-refractivity contribution in [1.82, 2.24) is 5.32 Å². The molecule has 2 saturated carbocycles. The van der Waals surface area contributed by atoms with Gasteiger partial charge in [0.1, 0.15) is 17.2 Å². The van der Waals surface area contributed by atoms with Crippen LogP contribution in [0.15, 0.2) is 46.6 Å². The lowest BCUT2D eigenvalue weighted by atomic mass is 9.55. The number of ketones is 1. The van der Waals surface area contributed by atoms with Crippen molar-refractivity contribution in [3.05, 3.63) is 53.1 Å². The van der Waals surface area contributed by atoms with Gasteiger partial charge < -0.3 is 15.5 Å². The van der Waals surface area contributed by atoms with Crippen LogP contribution >= 0.6 is 0 Å². The Morgan fingerprint density at radius 2 is 1.86 bits per heavy atom. The fraction of sp³-hybridized carbons (Fsp3) is 0.483. The maximum Gasteiger partial charge on any atom is 0.303 e. The van der Waals surface area contributed by atoms with Crippen molar-refractivity contribution in [2.45, 2.75) is 64.2 Å². The van der Waals surface area contributed by atoms with Gasteiger partial charge in [-0.15, -0.1) is 5.11 Å². The molecule has 3 aliphatic carbocycles. The number of azo groups is 1. The number of phenols is 1. The number of nitrogens with zero attached hydrogens (tertiary/aromatic N) is 2. The molecule has 8 heteroatoms. The second kappa shape index (κ2) is 10.1. The van der Waals surface area contributed by atoms with E-state index >= 15 is 0 Å². The summed E-state index contributed by atoms with van der Waals surface area (Å²) in [5.41, 5.74) is 3.67. The third-order valence-electron chi connectivity index (χ3n) is 8.78. The first-order chi connectivity index (χ1) is 17.8. The highest BCUT2D eigenvalue weighted by Crippen LogP contribution is 2.60. The van der Waals surface area contributed by atoms with Crippen molar-refractivity contribution in [1.29, 1.82) is 0 Å². The first-order valence-electron chi connectivity index (χ1n) is 13.2. The summed E-state index contributed by atoms with van der Waals surface area (Å²) >= 11 is 0. The van der Waals surface area contributed by atoms with Crippen molar-refractivity contribution in [3.8, 4) is 5.75 Å². The molecule has 0 aliphatic heterocycles. The van der Waals surface area contributed by atoms with Crippen LogP contribution in [0.4, 0.5) is 11.4 Å². The van der Waals surface area contributed by atoms with Crippen LogP contribution in [0.2, 0.25) is 0 Å². The summed E-state index contributed by atoms with van der Waals surface area (Å²) < 4.78 is 0. The minimum atomic E-state index is -0.888. The van der Waals surface area contributed by atoms with Gasteiger partial charge >= 0.3 is 5.97 Å². The summed E-state index contributed by atoms with van der Waals surface area (Å²) in [6.07, 6.45) is 5.96. The van der Waals surface area contributed by atoms with Crippen LogP contribution < -0.4 is 5.32 Å². The van der Waals surface area contributed by atoms with E-state index in [0.29, 0.717) is 59.9 Å². The molecule has 0 radical (unpaired) electrons. The van der Waals surface area contributed by atoms with Crippen LogP contribution in [0.5, 0.6) is 5.75 Å². The third-order valence-corrected chi connectivity index (χ3v) is 8.78. The monoisotopic (exact) mass is 503 g/mol. The lowest BCUT2D eigenvalue weighted by molar-refractivity contribution is -0.137. The highest BCUT2D eigenvalue weighted by atomic mass is 16.4. The summed E-state index contributed by atoms with van der Waals surface area (Å²) in [5, 5.41) is 30.6. The van der Waals surface area contributed by atoms with E-state index in [9.17, 15) is 19.5 Å². The van der Waals surface area contributed by atoms with Gasteiger partial charge in [0.15, 0.2) is 0 Å². The summed E-state index contributed by atoms with van der Waals surface area (Å²) in [6, 6.07) is 10.4. The number of aryl methyl sites for hydroxylation is 1. The Bertz CT molecular complexity index is 1250. The van der Waals surface area contributed by atoms with E-state index in [1.54, 1.807) is 24.3 Å². The standard InChI is InChI=1S/C29H33N3O5/c1-29-13-12-20-21(23(29)10-11-26(29)34)9-6-18-15-25(33)24(16-22(18)20)32-31-19-7-4-17(5-8-19)28(37)30-14-2-3-27(35)36/h4-5,7-8,15-16,20-21,23,33H,2-3,6,9-14H2,1H3,(H,30,37)(H,35,36)/t20-,21+,23-,29-/m0/s1. The number of Topliss-reactive ketones (excluding diaryl/α,β-unsaturated/α-hetero) is 1. The number of hydrogen-bond donors (Lipinski definition) is 3. The van der Waals surface area contributed by atoms with Crippen molar-refractivity contribution >= 4 is 29.0 Å². The Labute approximate surface area is 216 Å². The van der Waals surface area contributed by atoms with Gasteiger partial charge in [0.25, 0.3) is 5.91 Å². The Kier molecular flexibility index (Phi) is 6.84. The quantitative estimate of drug-likeness (QED) is 0.324. The molecule has 0 spiro atoms. The van der Waals surface area contributed by atoms with Crippen molar-refractivity contribution < 1.29 is 24.6 Å². The number of aromatic hydroxyl groups is 1. The van der Waals surface area contributed by atoms with Crippen LogP contribution in [0, 0.1) is 17.3 Å². The topological polar surface area (TPSA) is 128 Å². The van der Waals surface area contributed by atoms with Gasteiger partial charge in [0.05, 0.1) is 5.69 Å².